The standard InChI is InChI=1S/C23H21N5O3/c1-15(29)26-18-6-4-16(5-7-18)20-14-25-28-11-9-17(12-21(20)28)23(30)27(2)22-13-19(31-3)8-10-24-22/h4-14H,1-3H3,(H,26,29). The van der Waals surface area contributed by atoms with Gasteiger partial charge >= 0.3 is 0 Å². The van der Waals surface area contributed by atoms with E-state index in [0.29, 0.717) is 17.1 Å². The van der Waals surface area contributed by atoms with Crippen LogP contribution in [0.5, 0.6) is 5.75 Å². The molecule has 4 rings (SSSR count). The summed E-state index contributed by atoms with van der Waals surface area (Å²) >= 11 is 0. The molecule has 0 aliphatic carbocycles. The van der Waals surface area contributed by atoms with Crippen LogP contribution in [-0.2, 0) is 4.79 Å². The number of hydrogen-bond donors (Lipinski definition) is 1. The molecule has 8 heteroatoms. The molecule has 3 heterocycles. The van der Waals surface area contributed by atoms with Gasteiger partial charge in [-0.25, -0.2) is 9.50 Å². The molecule has 0 aliphatic rings. The molecule has 0 fully saturated rings. The number of hydrogen-bond acceptors (Lipinski definition) is 5. The number of benzene rings is 1. The van der Waals surface area contributed by atoms with Gasteiger partial charge in [0.05, 0.1) is 18.8 Å². The van der Waals surface area contributed by atoms with Crippen molar-refractivity contribution >= 4 is 28.8 Å². The van der Waals surface area contributed by atoms with Crippen LogP contribution in [0.1, 0.15) is 17.3 Å². The van der Waals surface area contributed by atoms with Crippen LogP contribution in [0.2, 0.25) is 0 Å². The highest BCUT2D eigenvalue weighted by Crippen LogP contribution is 2.27. The van der Waals surface area contributed by atoms with E-state index in [1.54, 1.807) is 55.5 Å². The van der Waals surface area contributed by atoms with Gasteiger partial charge < -0.3 is 10.1 Å². The highest BCUT2D eigenvalue weighted by Gasteiger charge is 2.17. The minimum Gasteiger partial charge on any atom is -0.497 e. The average molecular weight is 415 g/mol. The number of pyridine rings is 2. The summed E-state index contributed by atoms with van der Waals surface area (Å²) in [7, 11) is 3.24. The number of amides is 2. The van der Waals surface area contributed by atoms with Gasteiger partial charge in [-0.05, 0) is 35.9 Å². The fourth-order valence-electron chi connectivity index (χ4n) is 3.28. The first-order valence-corrected chi connectivity index (χ1v) is 9.60. The van der Waals surface area contributed by atoms with Gasteiger partial charge in [0.25, 0.3) is 5.91 Å². The minimum atomic E-state index is -0.198. The molecule has 0 radical (unpaired) electrons. The molecule has 0 unspecified atom stereocenters. The van der Waals surface area contributed by atoms with E-state index in [1.807, 2.05) is 30.3 Å². The number of nitrogens with zero attached hydrogens (tertiary/aromatic N) is 4. The van der Waals surface area contributed by atoms with Crippen LogP contribution in [0.4, 0.5) is 11.5 Å². The predicted octanol–water partition coefficient (Wildman–Crippen LogP) is 3.64. The fraction of sp³-hybridized carbons (Fsp3) is 0.130. The summed E-state index contributed by atoms with van der Waals surface area (Å²) < 4.78 is 6.94. The quantitative estimate of drug-likeness (QED) is 0.538. The Kier molecular flexibility index (Phi) is 5.36. The molecule has 31 heavy (non-hydrogen) atoms. The maximum absolute atomic E-state index is 13.1. The lowest BCUT2D eigenvalue weighted by atomic mass is 10.1. The van der Waals surface area contributed by atoms with Gasteiger partial charge in [0.2, 0.25) is 5.91 Å². The SMILES string of the molecule is COc1ccnc(N(C)C(=O)c2ccn3ncc(-c4ccc(NC(C)=O)cc4)c3c2)c1. The molecule has 4 aromatic rings. The Morgan fingerprint density at radius 2 is 1.87 bits per heavy atom. The lowest BCUT2D eigenvalue weighted by molar-refractivity contribution is -0.114. The number of fused-ring (bicyclic) bond motifs is 1. The number of anilines is 2. The molecule has 0 spiro atoms. The normalized spacial score (nSPS) is 10.7. The zero-order chi connectivity index (χ0) is 22.0. The summed E-state index contributed by atoms with van der Waals surface area (Å²) in [5.74, 6) is 0.797. The molecule has 0 atom stereocenters. The summed E-state index contributed by atoms with van der Waals surface area (Å²) in [5.41, 5.74) is 3.83. The van der Waals surface area contributed by atoms with Gasteiger partial charge in [0.1, 0.15) is 11.6 Å². The molecule has 3 aromatic heterocycles. The van der Waals surface area contributed by atoms with E-state index in [2.05, 4.69) is 15.4 Å². The van der Waals surface area contributed by atoms with E-state index >= 15 is 0 Å². The fourth-order valence-corrected chi connectivity index (χ4v) is 3.28. The molecular formula is C23H21N5O3. The molecular weight excluding hydrogens is 394 g/mol. The monoisotopic (exact) mass is 415 g/mol. The Morgan fingerprint density at radius 1 is 1.10 bits per heavy atom. The molecule has 0 saturated heterocycles. The Morgan fingerprint density at radius 3 is 2.58 bits per heavy atom. The summed E-state index contributed by atoms with van der Waals surface area (Å²) in [6, 6.07) is 14.4. The second-order valence-electron chi connectivity index (χ2n) is 6.98. The van der Waals surface area contributed by atoms with Crippen molar-refractivity contribution in [3.05, 3.63) is 72.7 Å². The topological polar surface area (TPSA) is 88.8 Å². The highest BCUT2D eigenvalue weighted by atomic mass is 16.5. The van der Waals surface area contributed by atoms with Crippen LogP contribution in [0, 0.1) is 0 Å². The molecule has 8 nitrogen and oxygen atoms in total. The third-order valence-electron chi connectivity index (χ3n) is 4.89. The number of carbonyl (C=O) groups is 2. The number of rotatable bonds is 5. The molecule has 1 N–H and O–H groups in total. The Bertz CT molecular complexity index is 1260. The van der Waals surface area contributed by atoms with Gasteiger partial charge in [-0.2, -0.15) is 5.10 Å². The maximum atomic E-state index is 13.1. The highest BCUT2D eigenvalue weighted by molar-refractivity contribution is 6.06. The van der Waals surface area contributed by atoms with Crippen molar-refractivity contribution in [1.82, 2.24) is 14.6 Å². The van der Waals surface area contributed by atoms with Gasteiger partial charge in [0.15, 0.2) is 0 Å². The largest absolute Gasteiger partial charge is 0.497 e. The number of methoxy groups -OCH3 is 1. The number of aromatic nitrogens is 3. The Labute approximate surface area is 179 Å². The molecule has 156 valence electrons. The molecule has 0 saturated carbocycles. The third kappa shape index (κ3) is 4.09. The average Bonchev–Trinajstić information content (AvgIpc) is 3.21. The first-order valence-electron chi connectivity index (χ1n) is 9.60. The summed E-state index contributed by atoms with van der Waals surface area (Å²) in [6.45, 7) is 1.47. The molecule has 0 aliphatic heterocycles. The molecule has 1 aromatic carbocycles. The number of nitrogens with one attached hydrogen (secondary N) is 1. The van der Waals surface area contributed by atoms with Crippen LogP contribution in [0.3, 0.4) is 0 Å². The van der Waals surface area contributed by atoms with Gasteiger partial charge in [-0.15, -0.1) is 0 Å². The smallest absolute Gasteiger partial charge is 0.259 e. The van der Waals surface area contributed by atoms with E-state index < -0.39 is 0 Å². The number of carbonyl (C=O) groups excluding carboxylic acids is 2. The van der Waals surface area contributed by atoms with Crippen molar-refractivity contribution in [2.75, 3.05) is 24.4 Å². The van der Waals surface area contributed by atoms with Crippen LogP contribution in [0.15, 0.2) is 67.1 Å². The van der Waals surface area contributed by atoms with E-state index in [0.717, 1.165) is 22.3 Å². The van der Waals surface area contributed by atoms with Gasteiger partial charge in [-0.1, -0.05) is 12.1 Å². The van der Waals surface area contributed by atoms with Crippen molar-refractivity contribution in [2.45, 2.75) is 6.92 Å². The minimum absolute atomic E-state index is 0.124. The van der Waals surface area contributed by atoms with Crippen molar-refractivity contribution in [1.29, 1.82) is 0 Å². The van der Waals surface area contributed by atoms with Crippen LogP contribution >= 0.6 is 0 Å². The summed E-state index contributed by atoms with van der Waals surface area (Å²) in [5, 5.41) is 7.14. The van der Waals surface area contributed by atoms with Crippen LogP contribution < -0.4 is 15.0 Å². The van der Waals surface area contributed by atoms with Crippen molar-refractivity contribution < 1.29 is 14.3 Å². The first-order chi connectivity index (χ1) is 15.0. The summed E-state index contributed by atoms with van der Waals surface area (Å²) in [6.07, 6.45) is 5.11. The second kappa shape index (κ2) is 8.27. The van der Waals surface area contributed by atoms with Crippen LogP contribution in [-0.4, -0.2) is 40.6 Å². The third-order valence-corrected chi connectivity index (χ3v) is 4.89. The molecule has 2 amide bonds. The lowest BCUT2D eigenvalue weighted by Crippen LogP contribution is -2.27. The van der Waals surface area contributed by atoms with Crippen LogP contribution in [0.25, 0.3) is 16.6 Å². The van der Waals surface area contributed by atoms with E-state index in [9.17, 15) is 9.59 Å². The molecule has 0 bridgehead atoms. The van der Waals surface area contributed by atoms with Gasteiger partial charge in [0, 0.05) is 49.2 Å². The maximum Gasteiger partial charge on any atom is 0.259 e. The van der Waals surface area contributed by atoms with Crippen molar-refractivity contribution in [3.8, 4) is 16.9 Å². The predicted molar refractivity (Wildman–Crippen MR) is 118 cm³/mol. The first kappa shape index (κ1) is 20.1. The number of ether oxygens (including phenoxy) is 1. The van der Waals surface area contributed by atoms with Gasteiger partial charge in [-0.3, -0.25) is 14.5 Å². The Balaban J connectivity index is 1.66. The van der Waals surface area contributed by atoms with Crippen molar-refractivity contribution in [3.63, 3.8) is 0 Å². The summed E-state index contributed by atoms with van der Waals surface area (Å²) in [4.78, 5) is 30.0. The van der Waals surface area contributed by atoms with E-state index in [1.165, 1.54) is 11.8 Å². The zero-order valence-corrected chi connectivity index (χ0v) is 17.4. The lowest BCUT2D eigenvalue weighted by Gasteiger charge is -2.17. The van der Waals surface area contributed by atoms with E-state index in [-0.39, 0.29) is 11.8 Å². The second-order valence-corrected chi connectivity index (χ2v) is 6.98. The van der Waals surface area contributed by atoms with E-state index in [4.69, 9.17) is 4.74 Å². The van der Waals surface area contributed by atoms with Crippen molar-refractivity contribution in [2.24, 2.45) is 0 Å². The zero-order valence-electron chi connectivity index (χ0n) is 17.4. The Hall–Kier alpha value is -4.20.